The summed E-state index contributed by atoms with van der Waals surface area (Å²) < 4.78 is 5.55. The summed E-state index contributed by atoms with van der Waals surface area (Å²) in [6.07, 6.45) is 0.171. The van der Waals surface area contributed by atoms with Crippen molar-refractivity contribution in [2.75, 3.05) is 26.2 Å². The van der Waals surface area contributed by atoms with Crippen LogP contribution in [0.15, 0.2) is 18.2 Å². The number of nitrogens with zero attached hydrogens (tertiary/aromatic N) is 1. The minimum absolute atomic E-state index is 0. The number of halogens is 2. The number of nitrogens with two attached hydrogens (primary N) is 1. The number of rotatable bonds is 3. The highest BCUT2D eigenvalue weighted by atomic mass is 35.5. The molecule has 1 unspecified atom stereocenters. The largest absolute Gasteiger partial charge is 0.374 e. The lowest BCUT2D eigenvalue weighted by molar-refractivity contribution is -0.0260. The van der Waals surface area contributed by atoms with E-state index in [0.717, 1.165) is 36.8 Å². The molecule has 0 saturated carbocycles. The van der Waals surface area contributed by atoms with Crippen molar-refractivity contribution in [3.8, 4) is 0 Å². The topological polar surface area (TPSA) is 38.5 Å². The zero-order valence-electron chi connectivity index (χ0n) is 10.6. The Bertz CT molecular complexity index is 387. The highest BCUT2D eigenvalue weighted by molar-refractivity contribution is 6.31. The third kappa shape index (κ3) is 4.11. The van der Waals surface area contributed by atoms with Gasteiger partial charge in [0.2, 0.25) is 0 Å². The fourth-order valence-electron chi connectivity index (χ4n) is 2.06. The lowest BCUT2D eigenvalue weighted by Crippen LogP contribution is -2.45. The standard InChI is InChI=1S/C13H19ClN2O.ClH/c1-10-2-3-11(6-13(10)14)8-16-4-5-17-12(7-15)9-16;/h2-3,6,12H,4-5,7-9,15H2,1H3;1H. The van der Waals surface area contributed by atoms with E-state index in [2.05, 4.69) is 17.0 Å². The first-order valence-electron chi connectivity index (χ1n) is 5.98. The SMILES string of the molecule is Cc1ccc(CN2CCOC(CN)C2)cc1Cl.Cl. The number of morpholine rings is 1. The molecule has 2 rings (SSSR count). The molecular weight excluding hydrogens is 271 g/mol. The van der Waals surface area contributed by atoms with Crippen molar-refractivity contribution < 1.29 is 4.74 Å². The molecule has 0 radical (unpaired) electrons. The Morgan fingerprint density at radius 3 is 2.94 bits per heavy atom. The molecule has 1 aliphatic rings. The molecule has 18 heavy (non-hydrogen) atoms. The van der Waals surface area contributed by atoms with E-state index < -0.39 is 0 Å². The average molecular weight is 291 g/mol. The van der Waals surface area contributed by atoms with E-state index in [4.69, 9.17) is 22.1 Å². The zero-order valence-corrected chi connectivity index (χ0v) is 12.1. The maximum atomic E-state index is 6.12. The van der Waals surface area contributed by atoms with Crippen molar-refractivity contribution in [2.24, 2.45) is 5.73 Å². The van der Waals surface area contributed by atoms with Gasteiger partial charge in [0.1, 0.15) is 0 Å². The molecule has 5 heteroatoms. The van der Waals surface area contributed by atoms with Crippen LogP contribution in [0.25, 0.3) is 0 Å². The van der Waals surface area contributed by atoms with Gasteiger partial charge >= 0.3 is 0 Å². The number of aryl methyl sites for hydroxylation is 1. The Hall–Kier alpha value is -0.320. The second kappa shape index (κ2) is 7.31. The van der Waals surface area contributed by atoms with Crippen LogP contribution in [0.1, 0.15) is 11.1 Å². The van der Waals surface area contributed by atoms with Gasteiger partial charge in [0.05, 0.1) is 12.7 Å². The Labute approximate surface area is 120 Å². The first-order valence-corrected chi connectivity index (χ1v) is 6.36. The van der Waals surface area contributed by atoms with Crippen molar-refractivity contribution in [1.82, 2.24) is 4.90 Å². The molecule has 1 heterocycles. The van der Waals surface area contributed by atoms with E-state index in [0.29, 0.717) is 6.54 Å². The third-order valence-electron chi connectivity index (χ3n) is 3.13. The van der Waals surface area contributed by atoms with Crippen LogP contribution in [0.4, 0.5) is 0 Å². The van der Waals surface area contributed by atoms with Crippen LogP contribution >= 0.6 is 24.0 Å². The van der Waals surface area contributed by atoms with Gasteiger partial charge in [-0.3, -0.25) is 4.90 Å². The first-order chi connectivity index (χ1) is 8.19. The Kier molecular flexibility index (Phi) is 6.39. The summed E-state index contributed by atoms with van der Waals surface area (Å²) in [6, 6.07) is 6.25. The summed E-state index contributed by atoms with van der Waals surface area (Å²) in [7, 11) is 0. The van der Waals surface area contributed by atoms with E-state index in [-0.39, 0.29) is 18.5 Å². The van der Waals surface area contributed by atoms with Crippen LogP contribution in [0.5, 0.6) is 0 Å². The highest BCUT2D eigenvalue weighted by Crippen LogP contribution is 2.18. The number of benzene rings is 1. The van der Waals surface area contributed by atoms with Crippen LogP contribution in [-0.2, 0) is 11.3 Å². The molecular formula is C13H20Cl2N2O. The van der Waals surface area contributed by atoms with Crippen molar-refractivity contribution in [2.45, 2.75) is 19.6 Å². The van der Waals surface area contributed by atoms with Gasteiger partial charge in [-0.1, -0.05) is 23.7 Å². The van der Waals surface area contributed by atoms with Gasteiger partial charge in [-0.05, 0) is 24.1 Å². The predicted molar refractivity (Wildman–Crippen MR) is 77.5 cm³/mol. The molecule has 2 N–H and O–H groups in total. The van der Waals surface area contributed by atoms with E-state index >= 15 is 0 Å². The van der Waals surface area contributed by atoms with Gasteiger partial charge in [-0.15, -0.1) is 12.4 Å². The van der Waals surface area contributed by atoms with E-state index in [1.165, 1.54) is 5.56 Å². The molecule has 3 nitrogen and oxygen atoms in total. The lowest BCUT2D eigenvalue weighted by Gasteiger charge is -2.32. The molecule has 102 valence electrons. The maximum Gasteiger partial charge on any atom is 0.0824 e. The van der Waals surface area contributed by atoms with Crippen LogP contribution in [0, 0.1) is 6.92 Å². The molecule has 0 amide bonds. The fourth-order valence-corrected chi connectivity index (χ4v) is 2.26. The normalized spacial score (nSPS) is 20.5. The number of ether oxygens (including phenoxy) is 1. The highest BCUT2D eigenvalue weighted by Gasteiger charge is 2.19. The molecule has 1 atom stereocenters. The minimum atomic E-state index is 0. The van der Waals surface area contributed by atoms with Gasteiger partial charge in [0, 0.05) is 31.2 Å². The summed E-state index contributed by atoms with van der Waals surface area (Å²) in [5.74, 6) is 0. The monoisotopic (exact) mass is 290 g/mol. The van der Waals surface area contributed by atoms with Crippen molar-refractivity contribution >= 4 is 24.0 Å². The van der Waals surface area contributed by atoms with Gasteiger partial charge < -0.3 is 10.5 Å². The van der Waals surface area contributed by atoms with Crippen LogP contribution in [0.3, 0.4) is 0 Å². The molecule has 1 fully saturated rings. The van der Waals surface area contributed by atoms with Gasteiger partial charge in [0.25, 0.3) is 0 Å². The summed E-state index contributed by atoms with van der Waals surface area (Å²) in [5.41, 5.74) is 8.00. The van der Waals surface area contributed by atoms with Gasteiger partial charge in [0.15, 0.2) is 0 Å². The van der Waals surface area contributed by atoms with E-state index in [1.807, 2.05) is 13.0 Å². The predicted octanol–water partition coefficient (Wildman–Crippen LogP) is 2.23. The second-order valence-corrected chi connectivity index (χ2v) is 4.95. The minimum Gasteiger partial charge on any atom is -0.374 e. The molecule has 0 aliphatic carbocycles. The van der Waals surface area contributed by atoms with Crippen LogP contribution in [-0.4, -0.2) is 37.2 Å². The smallest absolute Gasteiger partial charge is 0.0824 e. The van der Waals surface area contributed by atoms with E-state index in [9.17, 15) is 0 Å². The molecule has 0 aromatic heterocycles. The Balaban J connectivity index is 0.00000162. The van der Waals surface area contributed by atoms with E-state index in [1.54, 1.807) is 0 Å². The van der Waals surface area contributed by atoms with Gasteiger partial charge in [-0.25, -0.2) is 0 Å². The van der Waals surface area contributed by atoms with Crippen molar-refractivity contribution in [3.05, 3.63) is 34.3 Å². The number of hydrogen-bond donors (Lipinski definition) is 1. The average Bonchev–Trinajstić information content (AvgIpc) is 2.34. The summed E-state index contributed by atoms with van der Waals surface area (Å²) in [6.45, 7) is 6.15. The van der Waals surface area contributed by atoms with Crippen molar-refractivity contribution in [1.29, 1.82) is 0 Å². The van der Waals surface area contributed by atoms with Crippen LogP contribution < -0.4 is 5.73 Å². The second-order valence-electron chi connectivity index (χ2n) is 4.55. The number of hydrogen-bond acceptors (Lipinski definition) is 3. The molecule has 0 spiro atoms. The Morgan fingerprint density at radius 1 is 1.50 bits per heavy atom. The fraction of sp³-hybridized carbons (Fsp3) is 0.538. The quantitative estimate of drug-likeness (QED) is 0.928. The summed E-state index contributed by atoms with van der Waals surface area (Å²) in [5, 5.41) is 0.839. The van der Waals surface area contributed by atoms with Crippen molar-refractivity contribution in [3.63, 3.8) is 0 Å². The lowest BCUT2D eigenvalue weighted by atomic mass is 10.1. The van der Waals surface area contributed by atoms with Crippen LogP contribution in [0.2, 0.25) is 5.02 Å². The summed E-state index contributed by atoms with van der Waals surface area (Å²) in [4.78, 5) is 2.36. The zero-order chi connectivity index (χ0) is 12.3. The molecule has 1 aliphatic heterocycles. The summed E-state index contributed by atoms with van der Waals surface area (Å²) >= 11 is 6.12. The Morgan fingerprint density at radius 2 is 2.28 bits per heavy atom. The molecule has 0 bridgehead atoms. The molecule has 1 aromatic carbocycles. The van der Waals surface area contributed by atoms with Gasteiger partial charge in [-0.2, -0.15) is 0 Å². The molecule has 1 aromatic rings. The maximum absolute atomic E-state index is 6.12. The first kappa shape index (κ1) is 15.7. The third-order valence-corrected chi connectivity index (χ3v) is 3.54. The molecule has 1 saturated heterocycles.